The first-order chi connectivity index (χ1) is 9.74. The summed E-state index contributed by atoms with van der Waals surface area (Å²) in [5.41, 5.74) is 2.80. The fraction of sp³-hybridized carbons (Fsp3) is 0.286. The van der Waals surface area contributed by atoms with Crippen molar-refractivity contribution in [3.63, 3.8) is 0 Å². The van der Waals surface area contributed by atoms with E-state index in [4.69, 9.17) is 11.6 Å². The van der Waals surface area contributed by atoms with Crippen molar-refractivity contribution in [3.8, 4) is 10.4 Å². The highest BCUT2D eigenvalue weighted by Crippen LogP contribution is 2.39. The van der Waals surface area contributed by atoms with E-state index in [1.165, 1.54) is 16.6 Å². The van der Waals surface area contributed by atoms with E-state index < -0.39 is 0 Å². The van der Waals surface area contributed by atoms with Gasteiger partial charge in [0.2, 0.25) is 0 Å². The molecule has 2 heterocycles. The van der Waals surface area contributed by atoms with Gasteiger partial charge in [0.1, 0.15) is 11.0 Å². The molecule has 1 N–H and O–H groups in total. The predicted molar refractivity (Wildman–Crippen MR) is 87.8 cm³/mol. The molecule has 3 rings (SSSR count). The first kappa shape index (κ1) is 13.9. The molecule has 1 aromatic carbocycles. The lowest BCUT2D eigenvalue weighted by molar-refractivity contribution is 0.586. The lowest BCUT2D eigenvalue weighted by Gasteiger charge is -2.10. The van der Waals surface area contributed by atoms with Gasteiger partial charge in [0.15, 0.2) is 0 Å². The summed E-state index contributed by atoms with van der Waals surface area (Å²) in [7, 11) is 1.99. The van der Waals surface area contributed by atoms with Crippen LogP contribution in [-0.2, 0) is 0 Å². The minimum absolute atomic E-state index is 0.389. The molecule has 0 aliphatic carbocycles. The average Bonchev–Trinajstić information content (AvgIpc) is 3.09. The lowest BCUT2D eigenvalue weighted by Crippen LogP contribution is -2.13. The first-order valence-corrected chi connectivity index (χ1v) is 8.35. The monoisotopic (exact) mass is 323 g/mol. The molecule has 1 unspecified atom stereocenters. The number of hydrogen-bond acceptors (Lipinski definition) is 5. The van der Waals surface area contributed by atoms with E-state index in [2.05, 4.69) is 33.1 Å². The number of nitrogens with zero attached hydrogens (tertiary/aromatic N) is 2. The van der Waals surface area contributed by atoms with E-state index in [0.717, 1.165) is 32.9 Å². The number of thiophene rings is 1. The highest BCUT2D eigenvalue weighted by atomic mass is 35.5. The van der Waals surface area contributed by atoms with Gasteiger partial charge in [-0.2, -0.15) is 8.75 Å². The van der Waals surface area contributed by atoms with Gasteiger partial charge in [-0.1, -0.05) is 18.5 Å². The fourth-order valence-electron chi connectivity index (χ4n) is 2.28. The fourth-order valence-corrected chi connectivity index (χ4v) is 4.40. The van der Waals surface area contributed by atoms with Crippen LogP contribution in [0.15, 0.2) is 24.3 Å². The Balaban J connectivity index is 2.11. The quantitative estimate of drug-likeness (QED) is 0.753. The summed E-state index contributed by atoms with van der Waals surface area (Å²) in [5, 5.41) is 4.06. The second-order valence-electron chi connectivity index (χ2n) is 4.51. The van der Waals surface area contributed by atoms with Crippen LogP contribution >= 0.6 is 34.7 Å². The second-order valence-corrected chi connectivity index (χ2v) is 6.56. The third kappa shape index (κ3) is 2.35. The van der Waals surface area contributed by atoms with Gasteiger partial charge < -0.3 is 5.32 Å². The first-order valence-electron chi connectivity index (χ1n) is 6.42. The van der Waals surface area contributed by atoms with Crippen LogP contribution in [0.3, 0.4) is 0 Å². The zero-order valence-electron chi connectivity index (χ0n) is 11.2. The maximum atomic E-state index is 6.38. The summed E-state index contributed by atoms with van der Waals surface area (Å²) >= 11 is 9.37. The zero-order chi connectivity index (χ0) is 14.1. The van der Waals surface area contributed by atoms with Crippen LogP contribution < -0.4 is 5.32 Å². The largest absolute Gasteiger partial charge is 0.312 e. The third-order valence-electron chi connectivity index (χ3n) is 3.35. The Morgan fingerprint density at radius 1 is 1.25 bits per heavy atom. The lowest BCUT2D eigenvalue weighted by atomic mass is 10.1. The third-order valence-corrected chi connectivity index (χ3v) is 5.42. The molecule has 3 nitrogen and oxygen atoms in total. The highest BCUT2D eigenvalue weighted by molar-refractivity contribution is 7.15. The highest BCUT2D eigenvalue weighted by Gasteiger charge is 2.16. The Bertz CT molecular complexity index is 731. The van der Waals surface area contributed by atoms with Crippen LogP contribution in [0.25, 0.3) is 21.5 Å². The van der Waals surface area contributed by atoms with Gasteiger partial charge in [0, 0.05) is 21.4 Å². The summed E-state index contributed by atoms with van der Waals surface area (Å²) in [6, 6.07) is 8.50. The molecule has 3 aromatic rings. The molecule has 0 fully saturated rings. The molecule has 0 aliphatic rings. The molecule has 6 heteroatoms. The average molecular weight is 324 g/mol. The molecule has 20 heavy (non-hydrogen) atoms. The van der Waals surface area contributed by atoms with Crippen molar-refractivity contribution < 1.29 is 0 Å². The summed E-state index contributed by atoms with van der Waals surface area (Å²) in [4.78, 5) is 2.47. The van der Waals surface area contributed by atoms with Crippen LogP contribution in [-0.4, -0.2) is 15.8 Å². The van der Waals surface area contributed by atoms with Crippen molar-refractivity contribution >= 4 is 45.7 Å². The Morgan fingerprint density at radius 3 is 2.85 bits per heavy atom. The van der Waals surface area contributed by atoms with Gasteiger partial charge in [0.25, 0.3) is 0 Å². The van der Waals surface area contributed by atoms with Crippen molar-refractivity contribution in [2.24, 2.45) is 0 Å². The molecule has 2 aromatic heterocycles. The Labute approximate surface area is 130 Å². The number of fused-ring (bicyclic) bond motifs is 1. The van der Waals surface area contributed by atoms with Crippen LogP contribution in [0, 0.1) is 0 Å². The number of halogens is 1. The van der Waals surface area contributed by atoms with Gasteiger partial charge >= 0.3 is 0 Å². The molecule has 0 saturated carbocycles. The molecule has 0 bridgehead atoms. The van der Waals surface area contributed by atoms with Gasteiger partial charge in [-0.3, -0.25) is 0 Å². The minimum atomic E-state index is 0.389. The normalized spacial score (nSPS) is 12.9. The van der Waals surface area contributed by atoms with E-state index in [1.807, 2.05) is 19.2 Å². The Hall–Kier alpha value is -1.01. The van der Waals surface area contributed by atoms with Gasteiger partial charge in [-0.15, -0.1) is 11.3 Å². The number of benzene rings is 1. The summed E-state index contributed by atoms with van der Waals surface area (Å²) in [6.07, 6.45) is 1.06. The summed E-state index contributed by atoms with van der Waals surface area (Å²) in [5.74, 6) is 0. The maximum absolute atomic E-state index is 6.38. The van der Waals surface area contributed by atoms with Gasteiger partial charge in [0.05, 0.1) is 16.8 Å². The van der Waals surface area contributed by atoms with Crippen molar-refractivity contribution in [1.82, 2.24) is 14.1 Å². The van der Waals surface area contributed by atoms with Gasteiger partial charge in [-0.05, 0) is 37.7 Å². The van der Waals surface area contributed by atoms with E-state index in [0.29, 0.717) is 6.04 Å². The smallest absolute Gasteiger partial charge is 0.114 e. The molecule has 104 valence electrons. The van der Waals surface area contributed by atoms with Crippen molar-refractivity contribution in [3.05, 3.63) is 34.2 Å². The SMILES string of the molecule is CCC(NC)c1ccc(-c2c(Cl)ccc3nsnc23)s1. The van der Waals surface area contributed by atoms with E-state index >= 15 is 0 Å². The van der Waals surface area contributed by atoms with E-state index in [-0.39, 0.29) is 0 Å². The topological polar surface area (TPSA) is 37.8 Å². The molecule has 0 radical (unpaired) electrons. The number of aromatic nitrogens is 2. The molecular formula is C14H14ClN3S2. The molecule has 1 atom stereocenters. The minimum Gasteiger partial charge on any atom is -0.312 e. The Kier molecular flexibility index (Phi) is 4.03. The summed E-state index contributed by atoms with van der Waals surface area (Å²) in [6.45, 7) is 2.18. The van der Waals surface area contributed by atoms with Crippen molar-refractivity contribution in [1.29, 1.82) is 0 Å². The number of hydrogen-bond donors (Lipinski definition) is 1. The molecular weight excluding hydrogens is 310 g/mol. The van der Waals surface area contributed by atoms with Crippen LogP contribution in [0.2, 0.25) is 5.02 Å². The van der Waals surface area contributed by atoms with Crippen molar-refractivity contribution in [2.75, 3.05) is 7.05 Å². The molecule has 0 amide bonds. The Morgan fingerprint density at radius 2 is 2.10 bits per heavy atom. The maximum Gasteiger partial charge on any atom is 0.114 e. The molecule has 0 aliphatic heterocycles. The zero-order valence-corrected chi connectivity index (χ0v) is 13.6. The predicted octanol–water partition coefficient (Wildman–Crippen LogP) is 4.74. The second kappa shape index (κ2) is 5.77. The molecule has 0 saturated heterocycles. The van der Waals surface area contributed by atoms with E-state index in [9.17, 15) is 0 Å². The van der Waals surface area contributed by atoms with Crippen LogP contribution in [0.5, 0.6) is 0 Å². The number of rotatable bonds is 4. The van der Waals surface area contributed by atoms with E-state index in [1.54, 1.807) is 11.3 Å². The van der Waals surface area contributed by atoms with Crippen LogP contribution in [0.1, 0.15) is 24.3 Å². The van der Waals surface area contributed by atoms with Gasteiger partial charge in [-0.25, -0.2) is 0 Å². The standard InChI is InChI=1S/C14H14ClN3S2/c1-3-9(16-2)11-6-7-12(19-11)13-8(15)4-5-10-14(13)18-20-17-10/h4-7,9,16H,3H2,1-2H3. The van der Waals surface area contributed by atoms with Crippen molar-refractivity contribution in [2.45, 2.75) is 19.4 Å². The summed E-state index contributed by atoms with van der Waals surface area (Å²) < 4.78 is 8.67. The van der Waals surface area contributed by atoms with Crippen LogP contribution in [0.4, 0.5) is 0 Å². The molecule has 0 spiro atoms. The number of nitrogens with one attached hydrogen (secondary N) is 1.